The number of aromatic nitrogens is 2. The van der Waals surface area contributed by atoms with Crippen molar-refractivity contribution in [2.75, 3.05) is 6.54 Å². The van der Waals surface area contributed by atoms with Crippen LogP contribution in [-0.2, 0) is 0 Å². The van der Waals surface area contributed by atoms with Gasteiger partial charge in [0.15, 0.2) is 5.76 Å². The third kappa shape index (κ3) is 3.10. The minimum Gasteiger partial charge on any atom is -0.461 e. The number of hydrogen-bond acceptors (Lipinski definition) is 5. The Morgan fingerprint density at radius 1 is 1.35 bits per heavy atom. The van der Waals surface area contributed by atoms with Crippen molar-refractivity contribution < 1.29 is 8.94 Å². The average Bonchev–Trinajstić information content (AvgIpc) is 3.06. The topological polar surface area (TPSA) is 64.1 Å². The van der Waals surface area contributed by atoms with Gasteiger partial charge in [-0.1, -0.05) is 19.0 Å². The first-order chi connectivity index (χ1) is 9.67. The van der Waals surface area contributed by atoms with Crippen molar-refractivity contribution in [3.05, 3.63) is 23.8 Å². The van der Waals surface area contributed by atoms with Crippen molar-refractivity contribution in [1.29, 1.82) is 0 Å². The van der Waals surface area contributed by atoms with Gasteiger partial charge < -0.3 is 14.3 Å². The van der Waals surface area contributed by atoms with E-state index in [-0.39, 0.29) is 5.92 Å². The SMILES string of the molecule is CCCNC(C)C(CC)c1nc(-c2occc2C)no1. The predicted molar refractivity (Wildman–Crippen MR) is 77.5 cm³/mol. The Morgan fingerprint density at radius 2 is 2.15 bits per heavy atom. The summed E-state index contributed by atoms with van der Waals surface area (Å²) in [5.74, 6) is 2.11. The Bertz CT molecular complexity index is 533. The minimum absolute atomic E-state index is 0.220. The number of nitrogens with one attached hydrogen (secondary N) is 1. The second kappa shape index (κ2) is 6.70. The van der Waals surface area contributed by atoms with E-state index in [4.69, 9.17) is 8.94 Å². The van der Waals surface area contributed by atoms with Crippen LogP contribution >= 0.6 is 0 Å². The largest absolute Gasteiger partial charge is 0.461 e. The fourth-order valence-corrected chi connectivity index (χ4v) is 2.34. The zero-order valence-corrected chi connectivity index (χ0v) is 12.6. The van der Waals surface area contributed by atoms with Crippen molar-refractivity contribution in [2.24, 2.45) is 0 Å². The van der Waals surface area contributed by atoms with Crippen LogP contribution in [0.5, 0.6) is 0 Å². The van der Waals surface area contributed by atoms with E-state index in [1.807, 2.05) is 13.0 Å². The molecule has 0 spiro atoms. The monoisotopic (exact) mass is 277 g/mol. The molecule has 0 saturated heterocycles. The van der Waals surface area contributed by atoms with E-state index in [0.717, 1.165) is 24.9 Å². The van der Waals surface area contributed by atoms with Gasteiger partial charge in [-0.3, -0.25) is 0 Å². The van der Waals surface area contributed by atoms with E-state index in [0.29, 0.717) is 23.5 Å². The highest BCUT2D eigenvalue weighted by Gasteiger charge is 2.24. The third-order valence-corrected chi connectivity index (χ3v) is 3.58. The van der Waals surface area contributed by atoms with Crippen molar-refractivity contribution in [1.82, 2.24) is 15.5 Å². The Balaban J connectivity index is 2.16. The molecule has 2 aromatic heterocycles. The predicted octanol–water partition coefficient (Wildman–Crippen LogP) is 3.52. The smallest absolute Gasteiger partial charge is 0.238 e. The molecule has 2 unspecified atom stereocenters. The van der Waals surface area contributed by atoms with Crippen LogP contribution < -0.4 is 5.32 Å². The lowest BCUT2D eigenvalue weighted by atomic mass is 9.98. The van der Waals surface area contributed by atoms with Gasteiger partial charge in [0.2, 0.25) is 11.7 Å². The highest BCUT2D eigenvalue weighted by Crippen LogP contribution is 2.26. The van der Waals surface area contributed by atoms with Crippen LogP contribution in [0.3, 0.4) is 0 Å². The first-order valence-corrected chi connectivity index (χ1v) is 7.28. The van der Waals surface area contributed by atoms with Crippen molar-refractivity contribution in [3.63, 3.8) is 0 Å². The lowest BCUT2D eigenvalue weighted by Crippen LogP contribution is -2.32. The fraction of sp³-hybridized carbons (Fsp3) is 0.600. The second-order valence-corrected chi connectivity index (χ2v) is 5.15. The molecule has 1 N–H and O–H groups in total. The maximum Gasteiger partial charge on any atom is 0.238 e. The molecule has 2 rings (SSSR count). The average molecular weight is 277 g/mol. The van der Waals surface area contributed by atoms with Crippen molar-refractivity contribution in [3.8, 4) is 11.6 Å². The molecule has 0 aliphatic rings. The molecule has 0 aliphatic carbocycles. The third-order valence-electron chi connectivity index (χ3n) is 3.58. The molecule has 5 heteroatoms. The molecule has 2 atom stereocenters. The normalized spacial score (nSPS) is 14.4. The van der Waals surface area contributed by atoms with Gasteiger partial charge in [-0.25, -0.2) is 0 Å². The summed E-state index contributed by atoms with van der Waals surface area (Å²) in [6.45, 7) is 9.42. The summed E-state index contributed by atoms with van der Waals surface area (Å²) < 4.78 is 10.8. The van der Waals surface area contributed by atoms with Gasteiger partial charge in [-0.2, -0.15) is 4.98 Å². The molecule has 0 fully saturated rings. The fourth-order valence-electron chi connectivity index (χ4n) is 2.34. The molecule has 2 aromatic rings. The maximum absolute atomic E-state index is 5.44. The first kappa shape index (κ1) is 14.8. The molecule has 0 radical (unpaired) electrons. The summed E-state index contributed by atoms with van der Waals surface area (Å²) in [6, 6.07) is 2.21. The summed E-state index contributed by atoms with van der Waals surface area (Å²) in [5, 5.41) is 7.53. The van der Waals surface area contributed by atoms with E-state index in [1.54, 1.807) is 6.26 Å². The standard InChI is InChI=1S/C15H23N3O2/c1-5-8-16-11(4)12(6-2)15-17-14(18-20-15)13-10(3)7-9-19-13/h7,9,11-12,16H,5-6,8H2,1-4H3. The summed E-state index contributed by atoms with van der Waals surface area (Å²) in [4.78, 5) is 4.50. The van der Waals surface area contributed by atoms with Crippen LogP contribution in [0.1, 0.15) is 51.0 Å². The molecular weight excluding hydrogens is 254 g/mol. The lowest BCUT2D eigenvalue weighted by molar-refractivity contribution is 0.316. The van der Waals surface area contributed by atoms with Gasteiger partial charge >= 0.3 is 0 Å². The van der Waals surface area contributed by atoms with Crippen LogP contribution in [-0.4, -0.2) is 22.7 Å². The van der Waals surface area contributed by atoms with Gasteiger partial charge in [0.1, 0.15) is 0 Å². The summed E-state index contributed by atoms with van der Waals surface area (Å²) >= 11 is 0. The zero-order valence-electron chi connectivity index (χ0n) is 12.6. The van der Waals surface area contributed by atoms with Gasteiger partial charge in [0.05, 0.1) is 12.2 Å². The van der Waals surface area contributed by atoms with Crippen LogP contribution in [0.4, 0.5) is 0 Å². The van der Waals surface area contributed by atoms with E-state index in [1.165, 1.54) is 0 Å². The van der Waals surface area contributed by atoms with E-state index >= 15 is 0 Å². The second-order valence-electron chi connectivity index (χ2n) is 5.15. The van der Waals surface area contributed by atoms with E-state index in [9.17, 15) is 0 Å². The van der Waals surface area contributed by atoms with E-state index in [2.05, 4.69) is 36.2 Å². The molecule has 0 amide bonds. The molecule has 0 bridgehead atoms. The number of furan rings is 1. The van der Waals surface area contributed by atoms with Gasteiger partial charge in [0.25, 0.3) is 0 Å². The number of rotatable bonds is 7. The van der Waals surface area contributed by atoms with Crippen LogP contribution in [0, 0.1) is 6.92 Å². The number of hydrogen-bond donors (Lipinski definition) is 1. The van der Waals surface area contributed by atoms with Crippen LogP contribution in [0.25, 0.3) is 11.6 Å². The Morgan fingerprint density at radius 3 is 2.75 bits per heavy atom. The van der Waals surface area contributed by atoms with Gasteiger partial charge in [-0.05, 0) is 44.9 Å². The highest BCUT2D eigenvalue weighted by molar-refractivity contribution is 5.51. The Labute approximate surface area is 119 Å². The van der Waals surface area contributed by atoms with Gasteiger partial charge in [0, 0.05) is 6.04 Å². The van der Waals surface area contributed by atoms with Crippen LogP contribution in [0.2, 0.25) is 0 Å². The Hall–Kier alpha value is -1.62. The summed E-state index contributed by atoms with van der Waals surface area (Å²) in [6.07, 6.45) is 3.71. The summed E-state index contributed by atoms with van der Waals surface area (Å²) in [7, 11) is 0. The number of nitrogens with zero attached hydrogens (tertiary/aromatic N) is 2. The molecule has 0 aromatic carbocycles. The van der Waals surface area contributed by atoms with Crippen LogP contribution in [0.15, 0.2) is 21.3 Å². The molecule has 20 heavy (non-hydrogen) atoms. The minimum atomic E-state index is 0.220. The molecule has 0 saturated carbocycles. The molecule has 5 nitrogen and oxygen atoms in total. The molecule has 0 aliphatic heterocycles. The molecular formula is C15H23N3O2. The lowest BCUT2D eigenvalue weighted by Gasteiger charge is -2.20. The summed E-state index contributed by atoms with van der Waals surface area (Å²) in [5.41, 5.74) is 1.02. The quantitative estimate of drug-likeness (QED) is 0.839. The van der Waals surface area contributed by atoms with Crippen molar-refractivity contribution in [2.45, 2.75) is 52.5 Å². The zero-order chi connectivity index (χ0) is 14.5. The molecule has 110 valence electrons. The highest BCUT2D eigenvalue weighted by atomic mass is 16.5. The van der Waals surface area contributed by atoms with Crippen molar-refractivity contribution >= 4 is 0 Å². The first-order valence-electron chi connectivity index (χ1n) is 7.28. The maximum atomic E-state index is 5.44. The molecule has 2 heterocycles. The Kier molecular flexibility index (Phi) is 4.95. The van der Waals surface area contributed by atoms with E-state index < -0.39 is 0 Å². The van der Waals surface area contributed by atoms with Gasteiger partial charge in [-0.15, -0.1) is 0 Å². The number of aryl methyl sites for hydroxylation is 1.